The Hall–Kier alpha value is -3.68. The molecule has 0 saturated heterocycles. The van der Waals surface area contributed by atoms with Gasteiger partial charge in [-0.05, 0) is 24.3 Å². The van der Waals surface area contributed by atoms with Crippen molar-refractivity contribution in [2.45, 2.75) is 0 Å². The standard InChI is InChI=1S/C16H6N8/c1-3-9-13(11-7(1)17-5-19-11)23-15(21-9)16-22-10-4-2-8-12(14(10)24-16)20-6-18-8/h1-6H. The first-order valence-corrected chi connectivity index (χ1v) is 7.29. The van der Waals surface area contributed by atoms with Gasteiger partial charge in [-0.3, -0.25) is 0 Å². The molecule has 0 aromatic heterocycles. The van der Waals surface area contributed by atoms with E-state index in [4.69, 9.17) is 0 Å². The summed E-state index contributed by atoms with van der Waals surface area (Å²) in [6.07, 6.45) is 3.05. The van der Waals surface area contributed by atoms with E-state index in [-0.39, 0.29) is 0 Å². The Morgan fingerprint density at radius 1 is 0.458 bits per heavy atom. The van der Waals surface area contributed by atoms with Crippen LogP contribution in [-0.4, -0.2) is 24.3 Å². The van der Waals surface area contributed by atoms with Gasteiger partial charge in [0.05, 0.1) is 21.4 Å². The molecule has 0 radical (unpaired) electrons. The van der Waals surface area contributed by atoms with Crippen molar-refractivity contribution in [3.8, 4) is 0 Å². The lowest BCUT2D eigenvalue weighted by Gasteiger charge is -1.94. The molecule has 0 spiro atoms. The molecule has 110 valence electrons. The summed E-state index contributed by atoms with van der Waals surface area (Å²) in [6.45, 7) is 0. The van der Waals surface area contributed by atoms with Gasteiger partial charge >= 0.3 is 0 Å². The molecule has 0 amide bonds. The second kappa shape index (κ2) is 3.99. The number of hydrogen-bond acceptors (Lipinski definition) is 8. The van der Waals surface area contributed by atoms with Gasteiger partial charge in [-0.25, -0.2) is 39.9 Å². The monoisotopic (exact) mass is 310 g/mol. The summed E-state index contributed by atoms with van der Waals surface area (Å²) in [5.74, 6) is 0.953. The summed E-state index contributed by atoms with van der Waals surface area (Å²) in [5.41, 5.74) is 2.91. The lowest BCUT2D eigenvalue weighted by Crippen LogP contribution is -2.10. The van der Waals surface area contributed by atoms with Crippen LogP contribution in [0.2, 0.25) is 0 Å². The Kier molecular flexibility index (Phi) is 1.97. The van der Waals surface area contributed by atoms with E-state index in [1.165, 1.54) is 12.7 Å². The van der Waals surface area contributed by atoms with Crippen molar-refractivity contribution in [3.63, 3.8) is 0 Å². The zero-order valence-corrected chi connectivity index (χ0v) is 12.0. The fraction of sp³-hybridized carbons (Fsp3) is 0. The van der Waals surface area contributed by atoms with E-state index in [0.717, 1.165) is 32.8 Å². The maximum absolute atomic E-state index is 4.57. The number of amidine groups is 2. The van der Waals surface area contributed by atoms with Crippen LogP contribution in [-0.2, 0) is 0 Å². The smallest absolute Gasteiger partial charge is 0.199 e. The molecule has 0 aliphatic carbocycles. The zero-order chi connectivity index (χ0) is 15.7. The van der Waals surface area contributed by atoms with Crippen LogP contribution in [0.5, 0.6) is 0 Å². The van der Waals surface area contributed by atoms with E-state index < -0.39 is 0 Å². The van der Waals surface area contributed by atoms with Crippen molar-refractivity contribution in [2.75, 3.05) is 0 Å². The van der Waals surface area contributed by atoms with E-state index in [1.54, 1.807) is 0 Å². The predicted molar refractivity (Wildman–Crippen MR) is 88.0 cm³/mol. The van der Waals surface area contributed by atoms with Gasteiger partial charge in [-0.2, -0.15) is 0 Å². The molecule has 8 heteroatoms. The van der Waals surface area contributed by atoms with Gasteiger partial charge in [0.1, 0.15) is 35.4 Å². The average Bonchev–Trinajstić information content (AvgIpc) is 3.36. The highest BCUT2D eigenvalue weighted by Gasteiger charge is 2.23. The summed E-state index contributed by atoms with van der Waals surface area (Å²) in [7, 11) is 0. The Morgan fingerprint density at radius 2 is 0.917 bits per heavy atom. The molecule has 4 heterocycles. The first-order valence-electron chi connectivity index (χ1n) is 7.29. The minimum Gasteiger partial charge on any atom is -0.235 e. The van der Waals surface area contributed by atoms with Crippen LogP contribution < -0.4 is 21.4 Å². The minimum absolute atomic E-state index is 0.476. The number of hydrogen-bond donors (Lipinski definition) is 0. The van der Waals surface area contributed by atoms with E-state index in [2.05, 4.69) is 39.9 Å². The Labute approximate surface area is 133 Å². The van der Waals surface area contributed by atoms with Gasteiger partial charge in [0.2, 0.25) is 0 Å². The SMILES string of the molecule is C1=Nc2c3c(ccc2=N1)=NC(C1=Nc2c4c(ccc2=N1)=NC=N4)=N3. The molecule has 0 atom stereocenters. The summed E-state index contributed by atoms with van der Waals surface area (Å²) < 4.78 is 0. The Morgan fingerprint density at radius 3 is 1.42 bits per heavy atom. The molecule has 2 aromatic carbocycles. The van der Waals surface area contributed by atoms with Crippen LogP contribution >= 0.6 is 0 Å². The topological polar surface area (TPSA) is 98.9 Å². The normalized spacial score (nSPS) is 17.0. The summed E-state index contributed by atoms with van der Waals surface area (Å²) in [6, 6.07) is 7.53. The maximum Gasteiger partial charge on any atom is 0.199 e. The fourth-order valence-electron chi connectivity index (χ4n) is 2.97. The largest absolute Gasteiger partial charge is 0.235 e. The summed E-state index contributed by atoms with van der Waals surface area (Å²) in [4.78, 5) is 35.1. The van der Waals surface area contributed by atoms with Crippen LogP contribution in [0.15, 0.2) is 64.2 Å². The van der Waals surface area contributed by atoms with E-state index in [1.807, 2.05) is 24.3 Å². The van der Waals surface area contributed by atoms with Crippen molar-refractivity contribution < 1.29 is 0 Å². The van der Waals surface area contributed by atoms with Crippen molar-refractivity contribution >= 4 is 47.1 Å². The van der Waals surface area contributed by atoms with Gasteiger partial charge in [0.15, 0.2) is 11.7 Å². The molecule has 6 rings (SSSR count). The number of benzene rings is 2. The van der Waals surface area contributed by atoms with Crippen LogP contribution in [0.25, 0.3) is 0 Å². The molecule has 0 N–H and O–H groups in total. The van der Waals surface area contributed by atoms with E-state index in [0.29, 0.717) is 23.0 Å². The number of rotatable bonds is 1. The molecular weight excluding hydrogens is 304 g/mol. The second-order valence-electron chi connectivity index (χ2n) is 5.44. The minimum atomic E-state index is 0.476. The lowest BCUT2D eigenvalue weighted by atomic mass is 10.2. The molecular formula is C16H6N8. The molecule has 0 fully saturated rings. The molecule has 0 unspecified atom stereocenters. The maximum atomic E-state index is 4.57. The first kappa shape index (κ1) is 11.8. The third kappa shape index (κ3) is 1.42. The zero-order valence-electron chi connectivity index (χ0n) is 12.0. The third-order valence-electron chi connectivity index (χ3n) is 4.07. The van der Waals surface area contributed by atoms with Crippen LogP contribution in [0.1, 0.15) is 0 Å². The quantitative estimate of drug-likeness (QED) is 0.723. The second-order valence-corrected chi connectivity index (χ2v) is 5.44. The molecule has 0 saturated carbocycles. The molecule has 4 aliphatic heterocycles. The fourth-order valence-corrected chi connectivity index (χ4v) is 2.97. The van der Waals surface area contributed by atoms with Crippen molar-refractivity contribution in [3.05, 3.63) is 45.7 Å². The number of aliphatic imine (C=N–C) groups is 4. The number of fused-ring (bicyclic) bond motifs is 6. The molecule has 2 aromatic rings. The predicted octanol–water partition coefficient (Wildman–Crippen LogP) is 0.299. The lowest BCUT2D eigenvalue weighted by molar-refractivity contribution is 1.37. The van der Waals surface area contributed by atoms with Gasteiger partial charge < -0.3 is 0 Å². The Balaban J connectivity index is 1.54. The first-order chi connectivity index (χ1) is 11.9. The van der Waals surface area contributed by atoms with Gasteiger partial charge in [-0.1, -0.05) is 0 Å². The van der Waals surface area contributed by atoms with Crippen molar-refractivity contribution in [2.24, 2.45) is 39.9 Å². The van der Waals surface area contributed by atoms with Crippen molar-refractivity contribution in [1.29, 1.82) is 0 Å². The van der Waals surface area contributed by atoms with Crippen LogP contribution in [0.3, 0.4) is 0 Å². The molecule has 0 bridgehead atoms. The molecule has 4 aliphatic rings. The third-order valence-corrected chi connectivity index (χ3v) is 4.07. The van der Waals surface area contributed by atoms with Gasteiger partial charge in [0, 0.05) is 0 Å². The molecule has 24 heavy (non-hydrogen) atoms. The van der Waals surface area contributed by atoms with Crippen LogP contribution in [0.4, 0.5) is 22.7 Å². The van der Waals surface area contributed by atoms with E-state index in [9.17, 15) is 0 Å². The van der Waals surface area contributed by atoms with Gasteiger partial charge in [-0.15, -0.1) is 0 Å². The highest BCUT2D eigenvalue weighted by molar-refractivity contribution is 6.43. The summed E-state index contributed by atoms with van der Waals surface area (Å²) in [5, 5.41) is 3.11. The van der Waals surface area contributed by atoms with Gasteiger partial charge in [0.25, 0.3) is 0 Å². The summed E-state index contributed by atoms with van der Waals surface area (Å²) >= 11 is 0. The molecule has 8 nitrogen and oxygen atoms in total. The van der Waals surface area contributed by atoms with E-state index >= 15 is 0 Å². The highest BCUT2D eigenvalue weighted by Crippen LogP contribution is 2.27. The number of nitrogens with zero attached hydrogens (tertiary/aromatic N) is 8. The van der Waals surface area contributed by atoms with Crippen LogP contribution in [0, 0.1) is 0 Å². The highest BCUT2D eigenvalue weighted by atomic mass is 15.1. The average molecular weight is 310 g/mol. The Bertz CT molecular complexity index is 1240. The van der Waals surface area contributed by atoms with Crippen molar-refractivity contribution in [1.82, 2.24) is 0 Å².